The maximum Gasteiger partial charge on any atom is 0.328 e. The van der Waals surface area contributed by atoms with Crippen LogP contribution in [0.15, 0.2) is 18.2 Å². The number of aryl methyl sites for hydroxylation is 2. The number of carboxylic acid groups (broad SMARTS) is 1. The summed E-state index contributed by atoms with van der Waals surface area (Å²) in [6.45, 7) is 6.09. The van der Waals surface area contributed by atoms with E-state index in [0.717, 1.165) is 29.7 Å². The van der Waals surface area contributed by atoms with Crippen LogP contribution in [-0.4, -0.2) is 31.3 Å². The summed E-state index contributed by atoms with van der Waals surface area (Å²) in [5.74, 6) is 0.230. The Hall–Kier alpha value is -2.44. The van der Waals surface area contributed by atoms with Crippen molar-refractivity contribution in [2.45, 2.75) is 52.7 Å². The largest absolute Gasteiger partial charge is 0.485 e. The van der Waals surface area contributed by atoms with Crippen LogP contribution in [0, 0.1) is 13.8 Å². The molecule has 0 aliphatic rings. The average molecular weight is 318 g/mol. The minimum Gasteiger partial charge on any atom is -0.485 e. The van der Waals surface area contributed by atoms with Crippen LogP contribution < -0.4 is 4.74 Å². The number of nitrogens with zero attached hydrogens (tertiary/aromatic N) is 4. The van der Waals surface area contributed by atoms with E-state index in [1.54, 1.807) is 0 Å². The van der Waals surface area contributed by atoms with E-state index in [0.29, 0.717) is 12.2 Å². The van der Waals surface area contributed by atoms with Crippen molar-refractivity contribution < 1.29 is 14.6 Å². The highest BCUT2D eigenvalue weighted by molar-refractivity contribution is 5.71. The van der Waals surface area contributed by atoms with Crippen LogP contribution in [0.5, 0.6) is 5.75 Å². The highest BCUT2D eigenvalue weighted by Crippen LogP contribution is 2.21. The van der Waals surface area contributed by atoms with Crippen molar-refractivity contribution >= 4 is 5.97 Å². The molecule has 2 aromatic rings. The normalized spacial score (nSPS) is 12.1. The molecule has 1 aromatic carbocycles. The Morgan fingerprint density at radius 3 is 2.87 bits per heavy atom. The molecule has 1 N–H and O–H groups in total. The number of benzene rings is 1. The quantitative estimate of drug-likeness (QED) is 0.805. The van der Waals surface area contributed by atoms with Gasteiger partial charge in [0.1, 0.15) is 12.4 Å². The summed E-state index contributed by atoms with van der Waals surface area (Å²) < 4.78 is 7.13. The zero-order valence-electron chi connectivity index (χ0n) is 13.7. The van der Waals surface area contributed by atoms with Crippen molar-refractivity contribution in [3.8, 4) is 5.75 Å². The maximum absolute atomic E-state index is 11.5. The molecule has 23 heavy (non-hydrogen) atoms. The Morgan fingerprint density at radius 1 is 1.39 bits per heavy atom. The van der Waals surface area contributed by atoms with Gasteiger partial charge in [-0.1, -0.05) is 31.9 Å². The van der Waals surface area contributed by atoms with Crippen LogP contribution in [0.2, 0.25) is 0 Å². The third-order valence-electron chi connectivity index (χ3n) is 3.67. The fourth-order valence-electron chi connectivity index (χ4n) is 2.30. The molecule has 0 amide bonds. The summed E-state index contributed by atoms with van der Waals surface area (Å²) in [6, 6.07) is 5.17. The molecule has 0 aliphatic heterocycles. The van der Waals surface area contributed by atoms with E-state index in [1.165, 1.54) is 4.68 Å². The highest BCUT2D eigenvalue weighted by atomic mass is 16.5. The molecule has 2 rings (SSSR count). The van der Waals surface area contributed by atoms with Gasteiger partial charge in [-0.2, -0.15) is 0 Å². The highest BCUT2D eigenvalue weighted by Gasteiger charge is 2.24. The molecular formula is C16H22N4O3. The number of carboxylic acids is 1. The van der Waals surface area contributed by atoms with E-state index in [4.69, 9.17) is 4.74 Å². The lowest BCUT2D eigenvalue weighted by atomic mass is 10.1. The molecule has 1 heterocycles. The number of aromatic nitrogens is 4. The van der Waals surface area contributed by atoms with E-state index < -0.39 is 12.0 Å². The molecule has 7 heteroatoms. The third kappa shape index (κ3) is 4.28. The second-order valence-electron chi connectivity index (χ2n) is 5.59. The molecular weight excluding hydrogens is 296 g/mol. The van der Waals surface area contributed by atoms with Crippen molar-refractivity contribution in [2.75, 3.05) is 0 Å². The van der Waals surface area contributed by atoms with Gasteiger partial charge in [-0.3, -0.25) is 0 Å². The molecule has 0 aliphatic carbocycles. The zero-order valence-corrected chi connectivity index (χ0v) is 13.7. The molecule has 1 aromatic heterocycles. The van der Waals surface area contributed by atoms with Gasteiger partial charge in [-0.25, -0.2) is 9.48 Å². The molecule has 124 valence electrons. The van der Waals surface area contributed by atoms with Crippen molar-refractivity contribution in [3.05, 3.63) is 35.2 Å². The van der Waals surface area contributed by atoms with Crippen LogP contribution >= 0.6 is 0 Å². The summed E-state index contributed by atoms with van der Waals surface area (Å²) in [6.07, 6.45) is 2.21. The van der Waals surface area contributed by atoms with Crippen LogP contribution in [0.3, 0.4) is 0 Å². The molecule has 0 radical (unpaired) electrons. The van der Waals surface area contributed by atoms with Crippen molar-refractivity contribution in [3.63, 3.8) is 0 Å². The first-order chi connectivity index (χ1) is 11.0. The van der Waals surface area contributed by atoms with Crippen LogP contribution in [-0.2, 0) is 11.4 Å². The predicted molar refractivity (Wildman–Crippen MR) is 84.3 cm³/mol. The third-order valence-corrected chi connectivity index (χ3v) is 3.67. The summed E-state index contributed by atoms with van der Waals surface area (Å²) in [4.78, 5) is 11.5. The van der Waals surface area contributed by atoms with E-state index in [-0.39, 0.29) is 6.61 Å². The Labute approximate surface area is 135 Å². The van der Waals surface area contributed by atoms with Crippen molar-refractivity contribution in [2.24, 2.45) is 0 Å². The Balaban J connectivity index is 2.14. The monoisotopic (exact) mass is 318 g/mol. The van der Waals surface area contributed by atoms with Crippen molar-refractivity contribution in [1.82, 2.24) is 20.2 Å². The van der Waals surface area contributed by atoms with E-state index >= 15 is 0 Å². The standard InChI is InChI=1S/C16H22N4O3/c1-4-5-6-13(16(21)22)20-15(17-18-19-20)10-23-14-9-11(2)7-8-12(14)3/h7-9,13H,4-6,10H2,1-3H3,(H,21,22). The molecule has 0 fully saturated rings. The molecule has 0 saturated carbocycles. The fourth-order valence-corrected chi connectivity index (χ4v) is 2.30. The molecule has 1 atom stereocenters. The van der Waals surface area contributed by atoms with Gasteiger partial charge < -0.3 is 9.84 Å². The molecule has 0 saturated heterocycles. The number of carbonyl (C=O) groups is 1. The number of unbranched alkanes of at least 4 members (excludes halogenated alkanes) is 1. The summed E-state index contributed by atoms with van der Waals surface area (Å²) in [7, 11) is 0. The topological polar surface area (TPSA) is 90.1 Å². The van der Waals surface area contributed by atoms with Gasteiger partial charge in [0, 0.05) is 0 Å². The Kier molecular flexibility index (Phi) is 5.67. The SMILES string of the molecule is CCCCC(C(=O)O)n1nnnc1COc1cc(C)ccc1C. The van der Waals surface area contributed by atoms with E-state index in [1.807, 2.05) is 39.0 Å². The fraction of sp³-hybridized carbons (Fsp3) is 0.500. The van der Waals surface area contributed by atoms with Gasteiger partial charge in [-0.15, -0.1) is 5.10 Å². The first-order valence-electron chi connectivity index (χ1n) is 7.72. The van der Waals surface area contributed by atoms with Gasteiger partial charge >= 0.3 is 5.97 Å². The number of aliphatic carboxylic acids is 1. The molecule has 0 bridgehead atoms. The van der Waals surface area contributed by atoms with Gasteiger partial charge in [0.15, 0.2) is 11.9 Å². The first kappa shape index (κ1) is 16.9. The number of hydrogen-bond donors (Lipinski definition) is 1. The minimum absolute atomic E-state index is 0.132. The Bertz CT molecular complexity index is 669. The van der Waals surface area contributed by atoms with Gasteiger partial charge in [0.05, 0.1) is 0 Å². The van der Waals surface area contributed by atoms with E-state index in [2.05, 4.69) is 15.5 Å². The minimum atomic E-state index is -0.932. The molecule has 1 unspecified atom stereocenters. The lowest BCUT2D eigenvalue weighted by molar-refractivity contribution is -0.141. The first-order valence-corrected chi connectivity index (χ1v) is 7.72. The molecule has 7 nitrogen and oxygen atoms in total. The van der Waals surface area contributed by atoms with Gasteiger partial charge in [-0.05, 0) is 47.9 Å². The Morgan fingerprint density at radius 2 is 2.17 bits per heavy atom. The lowest BCUT2D eigenvalue weighted by Gasteiger charge is -2.14. The van der Waals surface area contributed by atoms with E-state index in [9.17, 15) is 9.90 Å². The second-order valence-corrected chi connectivity index (χ2v) is 5.59. The number of hydrogen-bond acceptors (Lipinski definition) is 5. The van der Waals surface area contributed by atoms with Crippen LogP contribution in [0.1, 0.15) is 49.2 Å². The summed E-state index contributed by atoms with van der Waals surface area (Å²) in [5.41, 5.74) is 2.10. The van der Waals surface area contributed by atoms with Crippen LogP contribution in [0.4, 0.5) is 0 Å². The van der Waals surface area contributed by atoms with Gasteiger partial charge in [0.2, 0.25) is 0 Å². The average Bonchev–Trinajstić information content (AvgIpc) is 2.96. The summed E-state index contributed by atoms with van der Waals surface area (Å²) >= 11 is 0. The zero-order chi connectivity index (χ0) is 16.8. The van der Waals surface area contributed by atoms with Gasteiger partial charge in [0.25, 0.3) is 0 Å². The van der Waals surface area contributed by atoms with Crippen LogP contribution in [0.25, 0.3) is 0 Å². The summed E-state index contributed by atoms with van der Waals surface area (Å²) in [5, 5.41) is 20.8. The van der Waals surface area contributed by atoms with Crippen molar-refractivity contribution in [1.29, 1.82) is 0 Å². The lowest BCUT2D eigenvalue weighted by Crippen LogP contribution is -2.23. The second kappa shape index (κ2) is 7.71. The number of tetrazole rings is 1. The smallest absolute Gasteiger partial charge is 0.328 e. The molecule has 0 spiro atoms. The number of rotatable bonds is 8. The maximum atomic E-state index is 11.5. The predicted octanol–water partition coefficient (Wildman–Crippen LogP) is 2.68. The number of ether oxygens (including phenoxy) is 1.